The van der Waals surface area contributed by atoms with Gasteiger partial charge in [0.1, 0.15) is 5.82 Å². The van der Waals surface area contributed by atoms with Crippen molar-refractivity contribution < 1.29 is 9.18 Å². The number of benzene rings is 2. The molecule has 3 nitrogen and oxygen atoms in total. The number of anilines is 1. The second-order valence-electron chi connectivity index (χ2n) is 5.59. The quantitative estimate of drug-likeness (QED) is 0.768. The van der Waals surface area contributed by atoms with Gasteiger partial charge >= 0.3 is 0 Å². The van der Waals surface area contributed by atoms with E-state index in [-0.39, 0.29) is 11.7 Å². The summed E-state index contributed by atoms with van der Waals surface area (Å²) in [6.45, 7) is 2.92. The number of carbonyl (C=O) groups is 1. The van der Waals surface area contributed by atoms with E-state index in [1.165, 1.54) is 23.9 Å². The standard InChI is InChI=1S/C18H18ClFN2OS/c19-14-1-7-17(8-2-14)24-13-18(23)22-11-9-21(10-12-22)16-5-3-15(20)4-6-16/h1-8H,9-13H2. The van der Waals surface area contributed by atoms with Crippen molar-refractivity contribution in [2.24, 2.45) is 0 Å². The van der Waals surface area contributed by atoms with Crippen LogP contribution in [0, 0.1) is 5.82 Å². The van der Waals surface area contributed by atoms with Gasteiger partial charge in [-0.2, -0.15) is 0 Å². The highest BCUT2D eigenvalue weighted by Gasteiger charge is 2.21. The van der Waals surface area contributed by atoms with E-state index in [4.69, 9.17) is 11.6 Å². The summed E-state index contributed by atoms with van der Waals surface area (Å²) in [6.07, 6.45) is 0. The molecule has 2 aromatic carbocycles. The predicted molar refractivity (Wildman–Crippen MR) is 97.4 cm³/mol. The van der Waals surface area contributed by atoms with Crippen molar-refractivity contribution in [3.63, 3.8) is 0 Å². The Bertz CT molecular complexity index is 685. The Kier molecular flexibility index (Phi) is 5.63. The Balaban J connectivity index is 1.48. The van der Waals surface area contributed by atoms with Crippen LogP contribution < -0.4 is 4.90 Å². The molecular formula is C18H18ClFN2OS. The Hall–Kier alpha value is -1.72. The summed E-state index contributed by atoms with van der Waals surface area (Å²) in [5.41, 5.74) is 0.999. The fourth-order valence-electron chi connectivity index (χ4n) is 2.63. The number of piperazine rings is 1. The van der Waals surface area contributed by atoms with Crippen molar-refractivity contribution in [3.8, 4) is 0 Å². The topological polar surface area (TPSA) is 23.6 Å². The largest absolute Gasteiger partial charge is 0.368 e. The summed E-state index contributed by atoms with van der Waals surface area (Å²) < 4.78 is 13.0. The van der Waals surface area contributed by atoms with E-state index in [1.807, 2.05) is 29.2 Å². The number of thioether (sulfide) groups is 1. The minimum Gasteiger partial charge on any atom is -0.368 e. The molecule has 2 aromatic rings. The smallest absolute Gasteiger partial charge is 0.233 e. The van der Waals surface area contributed by atoms with Crippen molar-refractivity contribution in [1.82, 2.24) is 4.90 Å². The SMILES string of the molecule is O=C(CSc1ccc(Cl)cc1)N1CCN(c2ccc(F)cc2)CC1. The molecule has 0 aromatic heterocycles. The van der Waals surface area contributed by atoms with E-state index in [1.54, 1.807) is 12.1 Å². The molecular weight excluding hydrogens is 347 g/mol. The van der Waals surface area contributed by atoms with Crippen LogP contribution in [0.2, 0.25) is 5.02 Å². The number of rotatable bonds is 4. The molecule has 24 heavy (non-hydrogen) atoms. The van der Waals surface area contributed by atoms with Gasteiger partial charge in [0.05, 0.1) is 5.75 Å². The van der Waals surface area contributed by atoms with Crippen LogP contribution in [0.5, 0.6) is 0 Å². The van der Waals surface area contributed by atoms with Gasteiger partial charge < -0.3 is 9.80 Å². The monoisotopic (exact) mass is 364 g/mol. The first kappa shape index (κ1) is 17.1. The van der Waals surface area contributed by atoms with Gasteiger partial charge in [0.2, 0.25) is 5.91 Å². The zero-order valence-electron chi connectivity index (χ0n) is 13.1. The van der Waals surface area contributed by atoms with Gasteiger partial charge in [-0.05, 0) is 48.5 Å². The van der Waals surface area contributed by atoms with E-state index >= 15 is 0 Å². The van der Waals surface area contributed by atoms with Crippen molar-refractivity contribution >= 4 is 35.0 Å². The fourth-order valence-corrected chi connectivity index (χ4v) is 3.56. The zero-order valence-corrected chi connectivity index (χ0v) is 14.7. The third-order valence-corrected chi connectivity index (χ3v) is 5.25. The number of nitrogens with zero attached hydrogens (tertiary/aromatic N) is 2. The first-order valence-electron chi connectivity index (χ1n) is 7.78. The molecule has 1 heterocycles. The van der Waals surface area contributed by atoms with Crippen LogP contribution in [0.25, 0.3) is 0 Å². The Labute approximate surface area is 150 Å². The minimum absolute atomic E-state index is 0.147. The Morgan fingerprint density at radius 2 is 1.62 bits per heavy atom. The second kappa shape index (κ2) is 7.90. The van der Waals surface area contributed by atoms with Gasteiger partial charge in [0, 0.05) is 41.8 Å². The molecule has 0 radical (unpaired) electrons. The van der Waals surface area contributed by atoms with Gasteiger partial charge in [-0.1, -0.05) is 11.6 Å². The lowest BCUT2D eigenvalue weighted by molar-refractivity contribution is -0.128. The maximum atomic E-state index is 13.0. The van der Waals surface area contributed by atoms with E-state index in [2.05, 4.69) is 4.90 Å². The molecule has 1 aliphatic heterocycles. The lowest BCUT2D eigenvalue weighted by Crippen LogP contribution is -2.49. The molecule has 126 valence electrons. The summed E-state index contributed by atoms with van der Waals surface area (Å²) in [4.78, 5) is 17.4. The molecule has 0 atom stereocenters. The van der Waals surface area contributed by atoms with Crippen LogP contribution in [-0.2, 0) is 4.79 Å². The Morgan fingerprint density at radius 3 is 2.25 bits per heavy atom. The van der Waals surface area contributed by atoms with Crippen LogP contribution in [0.4, 0.5) is 10.1 Å². The van der Waals surface area contributed by atoms with E-state index in [0.29, 0.717) is 23.9 Å². The summed E-state index contributed by atoms with van der Waals surface area (Å²) >= 11 is 7.38. The average molecular weight is 365 g/mol. The molecule has 6 heteroatoms. The molecule has 0 spiro atoms. The molecule has 1 fully saturated rings. The highest BCUT2D eigenvalue weighted by atomic mass is 35.5. The number of hydrogen-bond donors (Lipinski definition) is 0. The van der Waals surface area contributed by atoms with Crippen molar-refractivity contribution in [2.45, 2.75) is 4.90 Å². The van der Waals surface area contributed by atoms with E-state index < -0.39 is 0 Å². The number of hydrogen-bond acceptors (Lipinski definition) is 3. The number of halogens is 2. The maximum Gasteiger partial charge on any atom is 0.233 e. The predicted octanol–water partition coefficient (Wildman–Crippen LogP) is 3.92. The maximum absolute atomic E-state index is 13.0. The van der Waals surface area contributed by atoms with Crippen LogP contribution in [0.1, 0.15) is 0 Å². The van der Waals surface area contributed by atoms with Crippen LogP contribution in [-0.4, -0.2) is 42.7 Å². The molecule has 3 rings (SSSR count). The van der Waals surface area contributed by atoms with Crippen molar-refractivity contribution in [3.05, 3.63) is 59.4 Å². The van der Waals surface area contributed by atoms with Crippen molar-refractivity contribution in [1.29, 1.82) is 0 Å². The van der Waals surface area contributed by atoms with Gasteiger partial charge in [-0.25, -0.2) is 4.39 Å². The lowest BCUT2D eigenvalue weighted by Gasteiger charge is -2.36. The minimum atomic E-state index is -0.230. The Morgan fingerprint density at radius 1 is 1.00 bits per heavy atom. The zero-order chi connectivity index (χ0) is 16.9. The van der Waals surface area contributed by atoms with E-state index in [9.17, 15) is 9.18 Å². The van der Waals surface area contributed by atoms with E-state index in [0.717, 1.165) is 23.7 Å². The van der Waals surface area contributed by atoms with Gasteiger partial charge in [0.25, 0.3) is 0 Å². The molecule has 1 aliphatic rings. The summed E-state index contributed by atoms with van der Waals surface area (Å²) in [6, 6.07) is 14.0. The highest BCUT2D eigenvalue weighted by Crippen LogP contribution is 2.22. The lowest BCUT2D eigenvalue weighted by atomic mass is 10.2. The average Bonchev–Trinajstić information content (AvgIpc) is 2.62. The first-order valence-corrected chi connectivity index (χ1v) is 9.15. The number of carbonyl (C=O) groups excluding carboxylic acids is 1. The van der Waals surface area contributed by atoms with Crippen LogP contribution in [0.3, 0.4) is 0 Å². The van der Waals surface area contributed by atoms with Crippen molar-refractivity contribution in [2.75, 3.05) is 36.8 Å². The summed E-state index contributed by atoms with van der Waals surface area (Å²) in [7, 11) is 0. The van der Waals surface area contributed by atoms with Crippen LogP contribution in [0.15, 0.2) is 53.4 Å². The normalized spacial score (nSPS) is 14.8. The second-order valence-corrected chi connectivity index (χ2v) is 7.07. The molecule has 0 bridgehead atoms. The van der Waals surface area contributed by atoms with Gasteiger partial charge in [0.15, 0.2) is 0 Å². The molecule has 0 N–H and O–H groups in total. The molecule has 1 amide bonds. The first-order chi connectivity index (χ1) is 11.6. The third kappa shape index (κ3) is 4.42. The van der Waals surface area contributed by atoms with Gasteiger partial charge in [-0.15, -0.1) is 11.8 Å². The molecule has 0 saturated carbocycles. The fraction of sp³-hybridized carbons (Fsp3) is 0.278. The van der Waals surface area contributed by atoms with Crippen LogP contribution >= 0.6 is 23.4 Å². The molecule has 1 saturated heterocycles. The molecule has 0 unspecified atom stereocenters. The number of amides is 1. The third-order valence-electron chi connectivity index (χ3n) is 4.00. The summed E-state index contributed by atoms with van der Waals surface area (Å²) in [5, 5.41) is 0.697. The molecule has 0 aliphatic carbocycles. The summed E-state index contributed by atoms with van der Waals surface area (Å²) in [5.74, 6) is 0.346. The van der Waals surface area contributed by atoms with Gasteiger partial charge in [-0.3, -0.25) is 4.79 Å². The highest BCUT2D eigenvalue weighted by molar-refractivity contribution is 8.00.